The van der Waals surface area contributed by atoms with Gasteiger partial charge in [-0.15, -0.1) is 0 Å². The number of halogens is 2. The summed E-state index contributed by atoms with van der Waals surface area (Å²) < 4.78 is 26.8. The van der Waals surface area contributed by atoms with Gasteiger partial charge in [0, 0.05) is 56.5 Å². The first kappa shape index (κ1) is 20.3. The molecule has 0 bridgehead atoms. The summed E-state index contributed by atoms with van der Waals surface area (Å²) in [5.41, 5.74) is 1.70. The lowest BCUT2D eigenvalue weighted by Crippen LogP contribution is -2.48. The van der Waals surface area contributed by atoms with E-state index >= 15 is 0 Å². The lowest BCUT2D eigenvalue weighted by atomic mass is 9.93. The molecule has 2 saturated heterocycles. The van der Waals surface area contributed by atoms with Crippen molar-refractivity contribution in [3.8, 4) is 0 Å². The Morgan fingerprint density at radius 2 is 1.90 bits per heavy atom. The van der Waals surface area contributed by atoms with Crippen molar-refractivity contribution in [1.82, 2.24) is 14.8 Å². The minimum absolute atomic E-state index is 0.0533. The van der Waals surface area contributed by atoms with Crippen LogP contribution in [0.3, 0.4) is 0 Å². The molecule has 0 aliphatic carbocycles. The summed E-state index contributed by atoms with van der Waals surface area (Å²) in [6.45, 7) is 4.10. The smallest absolute Gasteiger partial charge is 0.270 e. The molecule has 2 aliphatic rings. The third-order valence-corrected chi connectivity index (χ3v) is 6.42. The van der Waals surface area contributed by atoms with Crippen LogP contribution in [0.4, 0.5) is 8.78 Å². The van der Waals surface area contributed by atoms with E-state index in [2.05, 4.69) is 4.98 Å². The van der Waals surface area contributed by atoms with Gasteiger partial charge >= 0.3 is 0 Å². The van der Waals surface area contributed by atoms with Gasteiger partial charge in [0.05, 0.1) is 5.60 Å². The maximum atomic E-state index is 13.4. The Balaban J connectivity index is 1.40. The fourth-order valence-electron chi connectivity index (χ4n) is 4.59. The van der Waals surface area contributed by atoms with Gasteiger partial charge < -0.3 is 19.9 Å². The van der Waals surface area contributed by atoms with Crippen molar-refractivity contribution in [3.63, 3.8) is 0 Å². The van der Waals surface area contributed by atoms with Gasteiger partial charge in [-0.2, -0.15) is 0 Å². The molecule has 0 spiro atoms. The number of piperidine rings is 1. The van der Waals surface area contributed by atoms with Crippen molar-refractivity contribution in [2.45, 2.75) is 50.6 Å². The van der Waals surface area contributed by atoms with Crippen molar-refractivity contribution >= 4 is 16.8 Å². The highest BCUT2D eigenvalue weighted by Crippen LogP contribution is 2.31. The minimum atomic E-state index is -2.58. The summed E-state index contributed by atoms with van der Waals surface area (Å²) in [6.07, 6.45) is 1.45. The molecule has 29 heavy (non-hydrogen) atoms. The maximum Gasteiger partial charge on any atom is 0.270 e. The minimum Gasteiger partial charge on any atom is -0.388 e. The number of nitrogens with zero attached hydrogens (tertiary/aromatic N) is 2. The van der Waals surface area contributed by atoms with E-state index in [1.54, 1.807) is 4.90 Å². The van der Waals surface area contributed by atoms with Gasteiger partial charge in [0.25, 0.3) is 11.8 Å². The van der Waals surface area contributed by atoms with E-state index in [1.165, 1.54) is 0 Å². The summed E-state index contributed by atoms with van der Waals surface area (Å²) in [5, 5.41) is 12.1. The fraction of sp³-hybridized carbons (Fsp3) is 0.591. The number of β-amino-alcohol motifs (C(OH)–C–C–N with tert-alkyl or cyclic N) is 1. The van der Waals surface area contributed by atoms with Crippen LogP contribution in [0.5, 0.6) is 0 Å². The van der Waals surface area contributed by atoms with Gasteiger partial charge in [-0.25, -0.2) is 8.78 Å². The van der Waals surface area contributed by atoms with Crippen LogP contribution in [-0.4, -0.2) is 70.0 Å². The Labute approximate surface area is 169 Å². The fourth-order valence-corrected chi connectivity index (χ4v) is 4.59. The van der Waals surface area contributed by atoms with E-state index < -0.39 is 11.5 Å². The van der Waals surface area contributed by atoms with E-state index in [0.717, 1.165) is 16.5 Å². The van der Waals surface area contributed by atoms with Gasteiger partial charge in [-0.05, 0) is 43.9 Å². The molecule has 4 rings (SSSR count). The quantitative estimate of drug-likeness (QED) is 0.821. The van der Waals surface area contributed by atoms with E-state index in [0.29, 0.717) is 57.7 Å². The van der Waals surface area contributed by atoms with E-state index in [1.807, 2.05) is 36.1 Å². The van der Waals surface area contributed by atoms with E-state index in [-0.39, 0.29) is 18.7 Å². The number of benzene rings is 1. The molecule has 1 aromatic heterocycles. The topological polar surface area (TPSA) is 59.6 Å². The van der Waals surface area contributed by atoms with Crippen molar-refractivity contribution in [1.29, 1.82) is 0 Å². The summed E-state index contributed by atoms with van der Waals surface area (Å²) in [5.74, 6) is -2.63. The van der Waals surface area contributed by atoms with Crippen LogP contribution in [0.15, 0.2) is 24.3 Å². The molecule has 2 aromatic rings. The number of amides is 1. The number of carbonyl (C=O) groups is 1. The van der Waals surface area contributed by atoms with E-state index in [4.69, 9.17) is 0 Å². The van der Waals surface area contributed by atoms with Crippen molar-refractivity contribution in [2.75, 3.05) is 32.7 Å². The number of H-pyrrole nitrogens is 1. The summed E-state index contributed by atoms with van der Waals surface area (Å²) in [6, 6.07) is 7.85. The molecule has 1 amide bonds. The number of aryl methyl sites for hydroxylation is 1. The zero-order valence-corrected chi connectivity index (χ0v) is 16.9. The molecule has 1 aromatic carbocycles. The van der Waals surface area contributed by atoms with Crippen LogP contribution in [0.2, 0.25) is 0 Å². The number of aromatic nitrogens is 1. The van der Waals surface area contributed by atoms with Gasteiger partial charge in [0.1, 0.15) is 5.69 Å². The molecule has 3 heterocycles. The number of fused-ring (bicyclic) bond motifs is 1. The number of carbonyl (C=O) groups excluding carboxylic acids is 1. The molecule has 2 fully saturated rings. The van der Waals surface area contributed by atoms with Gasteiger partial charge in [-0.1, -0.05) is 12.1 Å². The van der Waals surface area contributed by atoms with Crippen LogP contribution >= 0.6 is 0 Å². The van der Waals surface area contributed by atoms with Crippen LogP contribution in [0.25, 0.3) is 10.9 Å². The van der Waals surface area contributed by atoms with Crippen molar-refractivity contribution in [3.05, 3.63) is 35.5 Å². The number of aromatic amines is 1. The molecule has 1 atom stereocenters. The average Bonchev–Trinajstić information content (AvgIpc) is 3.02. The second-order valence-corrected chi connectivity index (χ2v) is 8.72. The Hall–Kier alpha value is -1.99. The number of likely N-dealkylation sites (tertiary alicyclic amines) is 2. The van der Waals surface area contributed by atoms with Crippen LogP contribution in [0, 0.1) is 6.92 Å². The molecular weight excluding hydrogens is 376 g/mol. The number of aliphatic hydroxyl groups is 1. The first-order valence-corrected chi connectivity index (χ1v) is 10.4. The molecule has 158 valence electrons. The largest absolute Gasteiger partial charge is 0.388 e. The number of hydrogen-bond acceptors (Lipinski definition) is 3. The highest BCUT2D eigenvalue weighted by molar-refractivity contribution is 5.98. The highest BCUT2D eigenvalue weighted by Gasteiger charge is 2.38. The van der Waals surface area contributed by atoms with Crippen LogP contribution < -0.4 is 0 Å². The van der Waals surface area contributed by atoms with Crippen molar-refractivity contribution in [2.24, 2.45) is 0 Å². The number of alkyl halides is 2. The molecule has 2 aliphatic heterocycles. The standard InChI is InChI=1S/C22H29F2N3O2/c1-16-4-2-5-18-17(16)14-19(25-18)20(28)27-10-3-6-21(29,7-13-27)15-26-11-8-22(23,24)9-12-26/h2,4-5,14,25,29H,3,6-13,15H2,1H3/t21-/m0/s1. The van der Waals surface area contributed by atoms with Crippen LogP contribution in [-0.2, 0) is 0 Å². The van der Waals surface area contributed by atoms with Gasteiger partial charge in [-0.3, -0.25) is 4.79 Å². The maximum absolute atomic E-state index is 13.4. The predicted molar refractivity (Wildman–Crippen MR) is 108 cm³/mol. The Kier molecular flexibility index (Phi) is 5.38. The zero-order valence-electron chi connectivity index (χ0n) is 16.9. The molecule has 2 N–H and O–H groups in total. The Morgan fingerprint density at radius 3 is 2.62 bits per heavy atom. The molecule has 5 nitrogen and oxygen atoms in total. The normalized spacial score (nSPS) is 25.9. The average molecular weight is 405 g/mol. The van der Waals surface area contributed by atoms with Crippen LogP contribution in [0.1, 0.15) is 48.2 Å². The predicted octanol–water partition coefficient (Wildman–Crippen LogP) is 3.56. The second-order valence-electron chi connectivity index (χ2n) is 8.72. The number of nitrogens with one attached hydrogen (secondary N) is 1. The monoisotopic (exact) mass is 405 g/mol. The molecule has 0 unspecified atom stereocenters. The number of rotatable bonds is 3. The molecular formula is C22H29F2N3O2. The SMILES string of the molecule is Cc1cccc2[nH]c(C(=O)N3CCC[C@@](O)(CN4CCC(F)(F)CC4)CC3)cc12. The zero-order chi connectivity index (χ0) is 20.6. The van der Waals surface area contributed by atoms with Gasteiger partial charge in [0.2, 0.25) is 0 Å². The van der Waals surface area contributed by atoms with Crippen molar-refractivity contribution < 1.29 is 18.7 Å². The first-order valence-electron chi connectivity index (χ1n) is 10.4. The Bertz CT molecular complexity index is 887. The Morgan fingerprint density at radius 1 is 1.14 bits per heavy atom. The number of hydrogen-bond donors (Lipinski definition) is 2. The first-order chi connectivity index (χ1) is 13.7. The lowest BCUT2D eigenvalue weighted by Gasteiger charge is -2.37. The van der Waals surface area contributed by atoms with E-state index in [9.17, 15) is 18.7 Å². The van der Waals surface area contributed by atoms with Gasteiger partial charge in [0.15, 0.2) is 0 Å². The highest BCUT2D eigenvalue weighted by atomic mass is 19.3. The molecule has 0 saturated carbocycles. The third kappa shape index (κ3) is 4.46. The summed E-state index contributed by atoms with van der Waals surface area (Å²) in [7, 11) is 0. The summed E-state index contributed by atoms with van der Waals surface area (Å²) >= 11 is 0. The second kappa shape index (κ2) is 7.69. The summed E-state index contributed by atoms with van der Waals surface area (Å²) in [4.78, 5) is 20.0. The molecule has 0 radical (unpaired) electrons. The third-order valence-electron chi connectivity index (χ3n) is 6.42. The molecule has 7 heteroatoms. The lowest BCUT2D eigenvalue weighted by molar-refractivity contribution is -0.0768.